The molecule has 8 heteroatoms. The van der Waals surface area contributed by atoms with Crippen LogP contribution in [-0.4, -0.2) is 9.97 Å². The highest BCUT2D eigenvalue weighted by Crippen LogP contribution is 2.42. The monoisotopic (exact) mass is 542 g/mol. The average molecular weight is 543 g/mol. The zero-order valence-electron chi connectivity index (χ0n) is 19.7. The number of nitrogens with zero attached hydrogens (tertiary/aromatic N) is 4. The van der Waals surface area contributed by atoms with Gasteiger partial charge in [-0.15, -0.1) is 0 Å². The Balaban J connectivity index is 1.76. The molecule has 0 saturated carbocycles. The molecule has 0 aliphatic heterocycles. The Morgan fingerprint density at radius 1 is 0.605 bits per heavy atom. The van der Waals surface area contributed by atoms with Gasteiger partial charge in [0.2, 0.25) is 0 Å². The molecule has 0 amide bonds. The van der Waals surface area contributed by atoms with Crippen LogP contribution in [0.2, 0.25) is 10.0 Å². The molecule has 0 spiro atoms. The highest BCUT2D eigenvalue weighted by molar-refractivity contribution is 6.31. The van der Waals surface area contributed by atoms with E-state index < -0.39 is 11.6 Å². The van der Waals surface area contributed by atoms with E-state index >= 15 is 4.39 Å². The summed E-state index contributed by atoms with van der Waals surface area (Å²) in [5.74, 6) is -0.426. The van der Waals surface area contributed by atoms with Gasteiger partial charge in [-0.3, -0.25) is 0 Å². The molecule has 2 heterocycles. The highest BCUT2D eigenvalue weighted by Gasteiger charge is 2.29. The number of fused-ring (bicyclic) bond motifs is 2. The third kappa shape index (κ3) is 4.28. The van der Waals surface area contributed by atoms with Crippen molar-refractivity contribution in [2.75, 3.05) is 10.0 Å². The summed E-state index contributed by atoms with van der Waals surface area (Å²) in [4.78, 5) is 9.35. The number of rotatable bonds is 5. The first kappa shape index (κ1) is 24.1. The highest BCUT2D eigenvalue weighted by atomic mass is 35.5. The number of benzene rings is 4. The lowest BCUT2D eigenvalue weighted by atomic mass is 10.1. The maximum atomic E-state index is 15.9. The number of pyridine rings is 2. The topological polar surface area (TPSA) is 32.3 Å². The van der Waals surface area contributed by atoms with Crippen LogP contribution in [0.3, 0.4) is 0 Å². The maximum Gasteiger partial charge on any atom is 0.167 e. The quantitative estimate of drug-likeness (QED) is 0.203. The first-order chi connectivity index (χ1) is 18.5. The summed E-state index contributed by atoms with van der Waals surface area (Å²) in [5, 5.41) is 6.53. The molecule has 0 aliphatic rings. The summed E-state index contributed by atoms with van der Waals surface area (Å²) in [7, 11) is 0. The zero-order valence-corrected chi connectivity index (χ0v) is 21.2. The second-order valence-corrected chi connectivity index (χ2v) is 9.38. The molecule has 0 bridgehead atoms. The van der Waals surface area contributed by atoms with E-state index in [1.165, 1.54) is 18.2 Å². The molecule has 0 saturated heterocycles. The molecular weight excluding hydrogens is 525 g/mol. The van der Waals surface area contributed by atoms with Crippen LogP contribution < -0.4 is 10.0 Å². The van der Waals surface area contributed by atoms with Gasteiger partial charge in [0.15, 0.2) is 17.5 Å². The van der Waals surface area contributed by atoms with Crippen molar-refractivity contribution in [3.8, 4) is 0 Å². The number of hydrazine groups is 1. The molecule has 0 fully saturated rings. The van der Waals surface area contributed by atoms with E-state index in [0.29, 0.717) is 17.3 Å². The van der Waals surface area contributed by atoms with Gasteiger partial charge < -0.3 is 0 Å². The van der Waals surface area contributed by atoms with Gasteiger partial charge in [-0.1, -0.05) is 77.8 Å². The lowest BCUT2D eigenvalue weighted by Crippen LogP contribution is -2.38. The fourth-order valence-electron chi connectivity index (χ4n) is 4.51. The molecule has 186 valence electrons. The Morgan fingerprint density at radius 3 is 1.84 bits per heavy atom. The van der Waals surface area contributed by atoms with Crippen molar-refractivity contribution in [3.63, 3.8) is 0 Å². The van der Waals surface area contributed by atoms with E-state index in [2.05, 4.69) is 9.97 Å². The lowest BCUT2D eigenvalue weighted by Gasteiger charge is -2.37. The van der Waals surface area contributed by atoms with Crippen molar-refractivity contribution in [2.24, 2.45) is 0 Å². The molecule has 0 unspecified atom stereocenters. The van der Waals surface area contributed by atoms with Gasteiger partial charge in [0.25, 0.3) is 0 Å². The fourth-order valence-corrected chi connectivity index (χ4v) is 4.90. The van der Waals surface area contributed by atoms with Gasteiger partial charge >= 0.3 is 0 Å². The fraction of sp³-hybridized carbons (Fsp3) is 0. The van der Waals surface area contributed by atoms with Gasteiger partial charge in [0, 0.05) is 28.2 Å². The van der Waals surface area contributed by atoms with Crippen LogP contribution in [0.5, 0.6) is 0 Å². The second-order valence-electron chi connectivity index (χ2n) is 8.54. The molecule has 6 rings (SSSR count). The van der Waals surface area contributed by atoms with Gasteiger partial charge in [0.1, 0.15) is 11.5 Å². The summed E-state index contributed by atoms with van der Waals surface area (Å²) >= 11 is 12.6. The van der Waals surface area contributed by atoms with Crippen LogP contribution in [0, 0.1) is 11.6 Å². The molecule has 4 nitrogen and oxygen atoms in total. The van der Waals surface area contributed by atoms with Crippen LogP contribution in [-0.2, 0) is 0 Å². The molecule has 0 radical (unpaired) electrons. The van der Waals surface area contributed by atoms with E-state index in [-0.39, 0.29) is 15.7 Å². The average Bonchev–Trinajstić information content (AvgIpc) is 2.92. The van der Waals surface area contributed by atoms with Crippen molar-refractivity contribution in [3.05, 3.63) is 131 Å². The van der Waals surface area contributed by atoms with E-state index in [4.69, 9.17) is 23.2 Å². The first-order valence-corrected chi connectivity index (χ1v) is 12.4. The number of hydrogen-bond acceptors (Lipinski definition) is 4. The van der Waals surface area contributed by atoms with E-state index in [1.807, 2.05) is 60.7 Å². The van der Waals surface area contributed by atoms with Crippen molar-refractivity contribution in [2.45, 2.75) is 0 Å². The van der Waals surface area contributed by atoms with Crippen LogP contribution in [0.4, 0.5) is 31.8 Å². The smallest absolute Gasteiger partial charge is 0.167 e. The normalized spacial score (nSPS) is 11.2. The molecule has 0 N–H and O–H groups in total. The molecule has 38 heavy (non-hydrogen) atoms. The largest absolute Gasteiger partial charge is 0.237 e. The predicted octanol–water partition coefficient (Wildman–Crippen LogP) is 9.26. The van der Waals surface area contributed by atoms with Crippen molar-refractivity contribution in [1.82, 2.24) is 9.97 Å². The number of hydrogen-bond donors (Lipinski definition) is 0. The molecule has 0 atom stereocenters. The Bertz CT molecular complexity index is 1780. The SMILES string of the molecule is Fc1cc(Cl)cc(N(c2nccc3ccccc23)N(c2cccc(Cl)c2F)c2nccc3ccccc23)c1. The number of halogens is 4. The minimum absolute atomic E-state index is 0.0733. The molecule has 4 aromatic carbocycles. The predicted molar refractivity (Wildman–Crippen MR) is 151 cm³/mol. The summed E-state index contributed by atoms with van der Waals surface area (Å²) in [5.41, 5.74) is 0.407. The third-order valence-corrected chi connectivity index (χ3v) is 6.67. The minimum Gasteiger partial charge on any atom is -0.237 e. The second kappa shape index (κ2) is 9.89. The zero-order chi connectivity index (χ0) is 26.2. The first-order valence-electron chi connectivity index (χ1n) is 11.7. The van der Waals surface area contributed by atoms with E-state index in [0.717, 1.165) is 21.5 Å². The van der Waals surface area contributed by atoms with Crippen molar-refractivity contribution < 1.29 is 8.78 Å². The van der Waals surface area contributed by atoms with Crippen LogP contribution >= 0.6 is 23.2 Å². The van der Waals surface area contributed by atoms with Crippen molar-refractivity contribution in [1.29, 1.82) is 0 Å². The Morgan fingerprint density at radius 2 is 1.21 bits per heavy atom. The van der Waals surface area contributed by atoms with Crippen LogP contribution in [0.1, 0.15) is 0 Å². The lowest BCUT2D eigenvalue weighted by molar-refractivity contribution is 0.623. The molecule has 2 aromatic heterocycles. The minimum atomic E-state index is -0.670. The maximum absolute atomic E-state index is 15.9. The summed E-state index contributed by atoms with van der Waals surface area (Å²) in [6, 6.07) is 27.8. The Hall–Kier alpha value is -4.26. The number of aromatic nitrogens is 2. The van der Waals surface area contributed by atoms with Gasteiger partial charge in [-0.25, -0.2) is 28.8 Å². The summed E-state index contributed by atoms with van der Waals surface area (Å²) < 4.78 is 30.7. The van der Waals surface area contributed by atoms with Crippen molar-refractivity contribution >= 4 is 67.8 Å². The van der Waals surface area contributed by atoms with E-state index in [1.54, 1.807) is 40.6 Å². The van der Waals surface area contributed by atoms with Gasteiger partial charge in [-0.05, 0) is 53.2 Å². The molecular formula is C30H18Cl2F2N4. The van der Waals surface area contributed by atoms with E-state index in [9.17, 15) is 4.39 Å². The van der Waals surface area contributed by atoms with Crippen LogP contribution in [0.15, 0.2) is 109 Å². The molecule has 0 aliphatic carbocycles. The Labute approximate surface area is 227 Å². The third-order valence-electron chi connectivity index (χ3n) is 6.16. The number of anilines is 4. The summed E-state index contributed by atoms with van der Waals surface area (Å²) in [6.45, 7) is 0. The Kier molecular flexibility index (Phi) is 6.27. The van der Waals surface area contributed by atoms with Gasteiger partial charge in [0.05, 0.1) is 10.7 Å². The van der Waals surface area contributed by atoms with Crippen LogP contribution in [0.25, 0.3) is 21.5 Å². The summed E-state index contributed by atoms with van der Waals surface area (Å²) in [6.07, 6.45) is 3.29. The van der Waals surface area contributed by atoms with Gasteiger partial charge in [-0.2, -0.15) is 0 Å². The molecule has 6 aromatic rings. The standard InChI is InChI=1S/C30H18Cl2F2N4/c31-21-16-22(33)18-23(17-21)37(29-24-8-3-1-6-19(24)12-14-35-29)38(27-11-5-10-26(32)28(27)34)30-25-9-4-2-7-20(25)13-15-36-30/h1-18H.